The fraction of sp³-hybridized carbons (Fsp3) is 0.579. The lowest BCUT2D eigenvalue weighted by Gasteiger charge is -2.26. The molecule has 0 spiro atoms. The number of methoxy groups -OCH3 is 1. The van der Waals surface area contributed by atoms with E-state index in [1.54, 1.807) is 64.1 Å². The molecule has 0 heterocycles. The Morgan fingerprint density at radius 3 is 2.11 bits per heavy atom. The van der Waals surface area contributed by atoms with E-state index in [2.05, 4.69) is 5.32 Å². The summed E-state index contributed by atoms with van der Waals surface area (Å²) in [5.74, 6) is -2.78. The lowest BCUT2D eigenvalue weighted by atomic mass is 10.0. The third-order valence-electron chi connectivity index (χ3n) is 3.20. The molecule has 0 unspecified atom stereocenters. The second-order valence-corrected chi connectivity index (χ2v) is 9.19. The fourth-order valence-electron chi connectivity index (χ4n) is 2.24. The quantitative estimate of drug-likeness (QED) is 0.360. The summed E-state index contributed by atoms with van der Waals surface area (Å²) in [6, 6.07) is -0.256. The van der Waals surface area contributed by atoms with Crippen LogP contribution in [0, 0.1) is 15.2 Å². The van der Waals surface area contributed by atoms with Gasteiger partial charge in [-0.3, -0.25) is 0 Å². The number of hydrogen-bond donors (Lipinski definition) is 1. The summed E-state index contributed by atoms with van der Waals surface area (Å²) in [6.07, 6.45) is -1.01. The van der Waals surface area contributed by atoms with E-state index < -0.39 is 40.9 Å². The summed E-state index contributed by atoms with van der Waals surface area (Å²) < 4.78 is 43.4. The second kappa shape index (κ2) is 9.23. The average Bonchev–Trinajstić information content (AvgIpc) is 2.49. The van der Waals surface area contributed by atoms with Gasteiger partial charge in [0.05, 0.1) is 10.7 Å². The van der Waals surface area contributed by atoms with Crippen LogP contribution in [0.2, 0.25) is 0 Å². The number of amides is 1. The number of esters is 1. The Hall–Kier alpha value is -1.65. The van der Waals surface area contributed by atoms with E-state index in [4.69, 9.17) is 14.2 Å². The molecule has 28 heavy (non-hydrogen) atoms. The number of carbonyl (C=O) groups excluding carboxylic acids is 2. The molecule has 0 aliphatic carbocycles. The predicted octanol–water partition coefficient (Wildman–Crippen LogP) is 4.36. The molecule has 1 N–H and O–H groups in total. The number of carbonyl (C=O) groups is 2. The van der Waals surface area contributed by atoms with Gasteiger partial charge in [-0.2, -0.15) is 0 Å². The van der Waals surface area contributed by atoms with Gasteiger partial charge in [0.25, 0.3) is 0 Å². The van der Waals surface area contributed by atoms with Gasteiger partial charge in [-0.25, -0.2) is 18.4 Å². The zero-order chi connectivity index (χ0) is 21.9. The molecule has 0 saturated carbocycles. The first kappa shape index (κ1) is 24.4. The normalized spacial score (nSPS) is 12.9. The standard InChI is InChI=1S/C19H26F2INO5/c1-18(2,3)27-16(24)12(23-17(25)28-19(4,5)6)9-10-8-11(20)13(21)14(22)15(10)26-7/h8,12H,9H2,1-7H3,(H,23,25)/t12-/m0/s1. The maximum absolute atomic E-state index is 13.9. The fourth-order valence-corrected chi connectivity index (χ4v) is 3.06. The van der Waals surface area contributed by atoms with Crippen LogP contribution in [0.4, 0.5) is 13.6 Å². The zero-order valence-electron chi connectivity index (χ0n) is 17.0. The number of hydrogen-bond acceptors (Lipinski definition) is 5. The van der Waals surface area contributed by atoms with Crippen molar-refractivity contribution in [2.45, 2.75) is 65.2 Å². The van der Waals surface area contributed by atoms with E-state index >= 15 is 0 Å². The Labute approximate surface area is 177 Å². The molecule has 0 aliphatic heterocycles. The van der Waals surface area contributed by atoms with Crippen LogP contribution in [0.3, 0.4) is 0 Å². The van der Waals surface area contributed by atoms with Gasteiger partial charge in [-0.1, -0.05) is 0 Å². The number of nitrogens with one attached hydrogen (secondary N) is 1. The van der Waals surface area contributed by atoms with Crippen molar-refractivity contribution in [3.05, 3.63) is 26.8 Å². The third-order valence-corrected chi connectivity index (χ3v) is 4.17. The smallest absolute Gasteiger partial charge is 0.408 e. The van der Waals surface area contributed by atoms with Gasteiger partial charge in [0.2, 0.25) is 0 Å². The lowest BCUT2D eigenvalue weighted by Crippen LogP contribution is -2.47. The van der Waals surface area contributed by atoms with E-state index in [1.807, 2.05) is 0 Å². The van der Waals surface area contributed by atoms with Crippen LogP contribution < -0.4 is 10.1 Å². The second-order valence-electron chi connectivity index (χ2n) is 8.12. The number of alkyl carbamates (subject to hydrolysis) is 1. The topological polar surface area (TPSA) is 73.9 Å². The Balaban J connectivity index is 3.22. The summed E-state index contributed by atoms with van der Waals surface area (Å²) in [5, 5.41) is 2.44. The molecule has 1 aromatic rings. The van der Waals surface area contributed by atoms with Gasteiger partial charge in [0, 0.05) is 12.0 Å². The summed E-state index contributed by atoms with van der Waals surface area (Å²) in [6.45, 7) is 10.1. The van der Waals surface area contributed by atoms with Crippen LogP contribution in [0.5, 0.6) is 5.75 Å². The highest BCUT2D eigenvalue weighted by molar-refractivity contribution is 14.1. The van der Waals surface area contributed by atoms with Crippen LogP contribution in [-0.2, 0) is 20.7 Å². The molecular weight excluding hydrogens is 487 g/mol. The molecule has 0 bridgehead atoms. The predicted molar refractivity (Wildman–Crippen MR) is 108 cm³/mol. The monoisotopic (exact) mass is 513 g/mol. The molecule has 1 amide bonds. The highest BCUT2D eigenvalue weighted by atomic mass is 127. The maximum Gasteiger partial charge on any atom is 0.408 e. The Bertz CT molecular complexity index is 741. The first-order chi connectivity index (χ1) is 12.6. The van der Waals surface area contributed by atoms with E-state index in [0.717, 1.165) is 6.07 Å². The van der Waals surface area contributed by atoms with Gasteiger partial charge in [0.15, 0.2) is 11.6 Å². The molecular formula is C19H26F2INO5. The van der Waals surface area contributed by atoms with Gasteiger partial charge >= 0.3 is 12.1 Å². The summed E-state index contributed by atoms with van der Waals surface area (Å²) >= 11 is 1.62. The Morgan fingerprint density at radius 2 is 1.64 bits per heavy atom. The van der Waals surface area contributed by atoms with E-state index in [0.29, 0.717) is 0 Å². The van der Waals surface area contributed by atoms with Crippen LogP contribution in [0.25, 0.3) is 0 Å². The Morgan fingerprint density at radius 1 is 1.11 bits per heavy atom. The third kappa shape index (κ3) is 7.40. The van der Waals surface area contributed by atoms with Gasteiger partial charge < -0.3 is 19.5 Å². The average molecular weight is 513 g/mol. The van der Waals surface area contributed by atoms with Crippen molar-refractivity contribution in [1.82, 2.24) is 5.32 Å². The van der Waals surface area contributed by atoms with Gasteiger partial charge in [-0.15, -0.1) is 0 Å². The molecule has 0 aliphatic rings. The van der Waals surface area contributed by atoms with Crippen molar-refractivity contribution >= 4 is 34.7 Å². The van der Waals surface area contributed by atoms with Gasteiger partial charge in [0.1, 0.15) is 23.0 Å². The van der Waals surface area contributed by atoms with E-state index in [9.17, 15) is 18.4 Å². The van der Waals surface area contributed by atoms with Crippen molar-refractivity contribution in [2.24, 2.45) is 0 Å². The highest BCUT2D eigenvalue weighted by Gasteiger charge is 2.31. The van der Waals surface area contributed by atoms with Gasteiger partial charge in [-0.05, 0) is 70.2 Å². The van der Waals surface area contributed by atoms with Crippen LogP contribution >= 0.6 is 22.6 Å². The van der Waals surface area contributed by atoms with Crippen molar-refractivity contribution in [3.8, 4) is 5.75 Å². The largest absolute Gasteiger partial charge is 0.495 e. The number of ether oxygens (including phenoxy) is 3. The summed E-state index contributed by atoms with van der Waals surface area (Å²) in [7, 11) is 1.31. The minimum absolute atomic E-state index is 0.0599. The molecule has 158 valence electrons. The summed E-state index contributed by atoms with van der Waals surface area (Å²) in [4.78, 5) is 24.8. The summed E-state index contributed by atoms with van der Waals surface area (Å²) in [5.41, 5.74) is -1.38. The minimum Gasteiger partial charge on any atom is -0.495 e. The lowest BCUT2D eigenvalue weighted by molar-refractivity contribution is -0.157. The molecule has 1 atom stereocenters. The van der Waals surface area contributed by atoms with Crippen molar-refractivity contribution < 1.29 is 32.6 Å². The number of halogens is 3. The first-order valence-electron chi connectivity index (χ1n) is 8.57. The maximum atomic E-state index is 13.9. The first-order valence-corrected chi connectivity index (χ1v) is 9.65. The van der Waals surface area contributed by atoms with Crippen LogP contribution in [0.1, 0.15) is 47.1 Å². The molecule has 0 fully saturated rings. The molecule has 0 saturated heterocycles. The Kier molecular flexibility index (Phi) is 8.04. The SMILES string of the molecule is COc1c(C[C@H](NC(=O)OC(C)(C)C)C(=O)OC(C)(C)C)cc(F)c(F)c1I. The molecule has 6 nitrogen and oxygen atoms in total. The van der Waals surface area contributed by atoms with Crippen LogP contribution in [0.15, 0.2) is 6.07 Å². The minimum atomic E-state index is -1.19. The highest BCUT2D eigenvalue weighted by Crippen LogP contribution is 2.31. The van der Waals surface area contributed by atoms with E-state index in [-0.39, 0.29) is 21.3 Å². The zero-order valence-corrected chi connectivity index (χ0v) is 19.2. The van der Waals surface area contributed by atoms with E-state index in [1.165, 1.54) is 7.11 Å². The van der Waals surface area contributed by atoms with Crippen molar-refractivity contribution in [1.29, 1.82) is 0 Å². The molecule has 9 heteroatoms. The molecule has 1 aromatic carbocycles. The van der Waals surface area contributed by atoms with Crippen molar-refractivity contribution in [2.75, 3.05) is 7.11 Å². The molecule has 0 radical (unpaired) electrons. The number of benzene rings is 1. The number of rotatable bonds is 5. The van der Waals surface area contributed by atoms with Crippen molar-refractivity contribution in [3.63, 3.8) is 0 Å². The van der Waals surface area contributed by atoms with Crippen LogP contribution in [-0.4, -0.2) is 36.4 Å². The molecule has 1 rings (SSSR count). The molecule has 0 aromatic heterocycles.